The van der Waals surface area contributed by atoms with Gasteiger partial charge < -0.3 is 13.8 Å². The Labute approximate surface area is 334 Å². The van der Waals surface area contributed by atoms with Crippen molar-refractivity contribution in [3.8, 4) is 27.9 Å². The highest BCUT2D eigenvalue weighted by Crippen LogP contribution is 2.52. The minimum absolute atomic E-state index is 0.00585. The fraction of sp³-hybridized carbons (Fsp3) is 0.208. The fourth-order valence-corrected chi connectivity index (χ4v) is 10.7. The highest BCUT2D eigenvalue weighted by molar-refractivity contribution is 6.93. The molecule has 0 amide bonds. The first kappa shape index (κ1) is 33.2. The van der Waals surface area contributed by atoms with Crippen molar-refractivity contribution in [3.05, 3.63) is 150 Å². The van der Waals surface area contributed by atoms with E-state index < -0.39 is 0 Å². The molecule has 12 rings (SSSR count). The number of nitrogens with zero attached hydrogens (tertiary/aromatic N) is 2. The Morgan fingerprint density at radius 3 is 2.05 bits per heavy atom. The van der Waals surface area contributed by atoms with Crippen LogP contribution in [0.1, 0.15) is 77.6 Å². The number of rotatable bonds is 1. The number of furan rings is 1. The van der Waals surface area contributed by atoms with Crippen LogP contribution < -0.4 is 15.7 Å². The summed E-state index contributed by atoms with van der Waals surface area (Å²) >= 11 is 0. The van der Waals surface area contributed by atoms with Crippen LogP contribution in [-0.2, 0) is 16.2 Å². The Morgan fingerprint density at radius 2 is 1.26 bits per heavy atom. The van der Waals surface area contributed by atoms with Gasteiger partial charge >= 0.3 is 6.85 Å². The van der Waals surface area contributed by atoms with Gasteiger partial charge in [-0.1, -0.05) is 134 Å². The van der Waals surface area contributed by atoms with Gasteiger partial charge in [-0.3, -0.25) is 0 Å². The van der Waals surface area contributed by atoms with Gasteiger partial charge in [-0.2, -0.15) is 0 Å². The van der Waals surface area contributed by atoms with Gasteiger partial charge in [0.25, 0.3) is 0 Å². The number of hydrogen-bond donors (Lipinski definition) is 0. The van der Waals surface area contributed by atoms with E-state index in [2.05, 4.69) is 192 Å². The molecule has 0 radical (unpaired) electrons. The first-order chi connectivity index (χ1) is 27.3. The molecule has 0 bridgehead atoms. The molecule has 276 valence electrons. The van der Waals surface area contributed by atoms with Crippen molar-refractivity contribution in [1.29, 1.82) is 0 Å². The van der Waals surface area contributed by atoms with Crippen LogP contribution in [0.2, 0.25) is 0 Å². The highest BCUT2D eigenvalue weighted by Gasteiger charge is 2.46. The molecule has 3 nitrogen and oxygen atoms in total. The van der Waals surface area contributed by atoms with Gasteiger partial charge in [0.15, 0.2) is 0 Å². The number of fused-ring (bicyclic) bond motifs is 14. The van der Waals surface area contributed by atoms with Gasteiger partial charge in [0.05, 0.1) is 11.0 Å². The van der Waals surface area contributed by atoms with Crippen molar-refractivity contribution in [2.75, 3.05) is 4.81 Å². The van der Waals surface area contributed by atoms with E-state index in [9.17, 15) is 0 Å². The lowest BCUT2D eigenvalue weighted by molar-refractivity contribution is 0.590. The summed E-state index contributed by atoms with van der Waals surface area (Å²) in [5.41, 5.74) is 21.5. The smallest absolute Gasteiger partial charge is 0.333 e. The van der Waals surface area contributed by atoms with Crippen molar-refractivity contribution in [1.82, 2.24) is 4.57 Å². The minimum atomic E-state index is -0.135. The number of hydrogen-bond acceptors (Lipinski definition) is 2. The zero-order valence-corrected chi connectivity index (χ0v) is 34.0. The SMILES string of the molecule is CC(C)(C)c1ccc(N2B3c4cc5c(cc4-n4c6cc7c(cc6c6ccc(c3c64)-c3cc(C(C)(C)C)ccc32)oc2ccccc27)-c2ccccc2C5(C)C)cc1. The van der Waals surface area contributed by atoms with Crippen LogP contribution in [-0.4, -0.2) is 11.4 Å². The Morgan fingerprint density at radius 1 is 0.526 bits per heavy atom. The summed E-state index contributed by atoms with van der Waals surface area (Å²) in [7, 11) is 0. The monoisotopic (exact) mass is 736 g/mol. The van der Waals surface area contributed by atoms with Crippen LogP contribution in [0, 0.1) is 0 Å². The first-order valence-corrected chi connectivity index (χ1v) is 20.5. The molecule has 0 fully saturated rings. The van der Waals surface area contributed by atoms with Crippen LogP contribution in [0.5, 0.6) is 0 Å². The third-order valence-corrected chi connectivity index (χ3v) is 13.7. The minimum Gasteiger partial charge on any atom is -0.456 e. The van der Waals surface area contributed by atoms with Crippen molar-refractivity contribution in [3.63, 3.8) is 0 Å². The second-order valence-corrected chi connectivity index (χ2v) is 19.4. The van der Waals surface area contributed by atoms with E-state index in [1.807, 2.05) is 0 Å². The summed E-state index contributed by atoms with van der Waals surface area (Å²) in [6, 6.07) is 48.8. The second-order valence-electron chi connectivity index (χ2n) is 19.4. The van der Waals surface area contributed by atoms with Gasteiger partial charge in [-0.15, -0.1) is 0 Å². The first-order valence-electron chi connectivity index (χ1n) is 20.5. The summed E-state index contributed by atoms with van der Waals surface area (Å²) in [5.74, 6) is 0. The second kappa shape index (κ2) is 10.7. The van der Waals surface area contributed by atoms with Gasteiger partial charge in [0.2, 0.25) is 0 Å². The average Bonchev–Trinajstić information content (AvgIpc) is 3.80. The molecule has 4 heterocycles. The van der Waals surface area contributed by atoms with Gasteiger partial charge in [0, 0.05) is 49.6 Å². The molecule has 1 aliphatic carbocycles. The quantitative estimate of drug-likeness (QED) is 0.157. The molecule has 0 spiro atoms. The summed E-state index contributed by atoms with van der Waals surface area (Å²) in [6.45, 7) is 18.6. The topological polar surface area (TPSA) is 21.3 Å². The maximum absolute atomic E-state index is 6.55. The van der Waals surface area contributed by atoms with Gasteiger partial charge in [-0.25, -0.2) is 0 Å². The molecule has 2 aliphatic heterocycles. The molecule has 57 heavy (non-hydrogen) atoms. The van der Waals surface area contributed by atoms with E-state index in [0.29, 0.717) is 0 Å². The van der Waals surface area contributed by atoms with Crippen molar-refractivity contribution < 1.29 is 4.42 Å². The Balaban J connectivity index is 1.25. The Hall–Kier alpha value is -6.00. The molecule has 4 heteroatoms. The molecule has 3 aliphatic rings. The van der Waals surface area contributed by atoms with Crippen LogP contribution in [0.25, 0.3) is 71.7 Å². The van der Waals surface area contributed by atoms with E-state index in [1.54, 1.807) is 0 Å². The zero-order chi connectivity index (χ0) is 38.9. The van der Waals surface area contributed by atoms with E-state index in [1.165, 1.54) is 94.3 Å². The van der Waals surface area contributed by atoms with Crippen LogP contribution >= 0.6 is 0 Å². The molecule has 0 N–H and O–H groups in total. The normalized spacial score (nSPS) is 15.1. The summed E-state index contributed by atoms with van der Waals surface area (Å²) < 4.78 is 9.17. The maximum atomic E-state index is 6.55. The van der Waals surface area contributed by atoms with Crippen molar-refractivity contribution >= 4 is 72.9 Å². The molecule has 9 aromatic rings. The zero-order valence-electron chi connectivity index (χ0n) is 34.0. The Kier molecular flexibility index (Phi) is 6.22. The van der Waals surface area contributed by atoms with E-state index in [4.69, 9.17) is 4.42 Å². The number of benzene rings is 7. The molecule has 0 atom stereocenters. The molecular formula is C53H45BN2O. The van der Waals surface area contributed by atoms with Crippen LogP contribution in [0.15, 0.2) is 132 Å². The van der Waals surface area contributed by atoms with E-state index >= 15 is 0 Å². The fourth-order valence-electron chi connectivity index (χ4n) is 10.7. The van der Waals surface area contributed by atoms with E-state index in [-0.39, 0.29) is 23.1 Å². The summed E-state index contributed by atoms with van der Waals surface area (Å²) in [5, 5.41) is 4.80. The number of para-hydroxylation sites is 1. The third-order valence-electron chi connectivity index (χ3n) is 13.7. The molecule has 7 aromatic carbocycles. The molecule has 0 saturated heterocycles. The Bertz CT molecular complexity index is 3230. The predicted octanol–water partition coefficient (Wildman–Crippen LogP) is 12.8. The van der Waals surface area contributed by atoms with E-state index in [0.717, 1.165) is 21.9 Å². The van der Waals surface area contributed by atoms with Gasteiger partial charge in [0.1, 0.15) is 11.2 Å². The number of anilines is 2. The molecule has 0 unspecified atom stereocenters. The molecular weight excluding hydrogens is 691 g/mol. The number of aromatic nitrogens is 1. The maximum Gasteiger partial charge on any atom is 0.333 e. The lowest BCUT2D eigenvalue weighted by Crippen LogP contribution is -2.60. The predicted molar refractivity (Wildman–Crippen MR) is 242 cm³/mol. The molecule has 0 saturated carbocycles. The van der Waals surface area contributed by atoms with Crippen molar-refractivity contribution in [2.45, 2.75) is 71.6 Å². The summed E-state index contributed by atoms with van der Waals surface area (Å²) in [6.07, 6.45) is 0. The van der Waals surface area contributed by atoms with Crippen LogP contribution in [0.4, 0.5) is 11.4 Å². The van der Waals surface area contributed by atoms with Crippen molar-refractivity contribution in [2.24, 2.45) is 0 Å². The van der Waals surface area contributed by atoms with Crippen LogP contribution in [0.3, 0.4) is 0 Å². The standard InChI is InChI=1S/C53H45BN2O/c1-51(2,3)30-17-20-32(21-18-30)56-44-24-19-31(52(4,5)6)25-38(44)35-22-23-36-39-28-48-40(34-14-10-12-16-47(34)57-48)27-45(39)55-46-26-37-33-13-9-11-15-41(33)53(7,8)42(37)29-43(46)54(56)49(35)50(36)55/h9-29H,1-8H3. The lowest BCUT2D eigenvalue weighted by atomic mass is 9.43. The lowest BCUT2D eigenvalue weighted by Gasteiger charge is -2.43. The third kappa shape index (κ3) is 4.28. The summed E-state index contributed by atoms with van der Waals surface area (Å²) in [4.78, 5) is 2.66. The highest BCUT2D eigenvalue weighted by atomic mass is 16.3. The van der Waals surface area contributed by atoms with Gasteiger partial charge in [-0.05, 0) is 109 Å². The largest absolute Gasteiger partial charge is 0.456 e. The molecule has 2 aromatic heterocycles. The average molecular weight is 737 g/mol.